The molecule has 2 rings (SSSR count). The van der Waals surface area contributed by atoms with E-state index < -0.39 is 24.6 Å². The van der Waals surface area contributed by atoms with E-state index in [1.807, 2.05) is 79.2 Å². The largest absolute Gasteiger partial charge is 0.349 e. The van der Waals surface area contributed by atoms with Gasteiger partial charge >= 0.3 is 7.59 Å². The summed E-state index contributed by atoms with van der Waals surface area (Å²) in [4.78, 5) is 0. The molecule has 0 radical (unpaired) electrons. The Morgan fingerprint density at radius 3 is 1.26 bits per heavy atom. The minimum atomic E-state index is -3.61. The molecule has 0 aliphatic heterocycles. The maximum absolute atomic E-state index is 15.4. The van der Waals surface area contributed by atoms with Crippen molar-refractivity contribution in [3.8, 4) is 0 Å². The van der Waals surface area contributed by atoms with Gasteiger partial charge in [-0.15, -0.1) is 0 Å². The van der Waals surface area contributed by atoms with E-state index >= 15 is 4.57 Å². The third-order valence-corrected chi connectivity index (χ3v) is 11.9. The molecule has 2 aromatic rings. The highest BCUT2D eigenvalue weighted by atomic mass is 31.3. The second-order valence-electron chi connectivity index (χ2n) is 6.11. The Labute approximate surface area is 188 Å². The highest BCUT2D eigenvalue weighted by Crippen LogP contribution is 2.74. The first-order valence-electron chi connectivity index (χ1n) is 9.86. The Kier molecular flexibility index (Phi) is 10.8. The van der Waals surface area contributed by atoms with Crippen LogP contribution in [0.2, 0.25) is 0 Å². The van der Waals surface area contributed by atoms with Crippen molar-refractivity contribution >= 4 is 36.0 Å². The van der Waals surface area contributed by atoms with Crippen molar-refractivity contribution in [2.24, 2.45) is 0 Å². The molecule has 0 spiro atoms. The van der Waals surface area contributed by atoms with Gasteiger partial charge in [0.2, 0.25) is 0 Å². The van der Waals surface area contributed by atoms with Crippen LogP contribution < -0.4 is 8.88 Å². The fourth-order valence-electron chi connectivity index (χ4n) is 3.17. The van der Waals surface area contributed by atoms with E-state index in [0.717, 1.165) is 11.4 Å². The van der Waals surface area contributed by atoms with Crippen molar-refractivity contribution in [2.45, 2.75) is 13.8 Å². The number of benzene rings is 2. The van der Waals surface area contributed by atoms with Gasteiger partial charge in [0.1, 0.15) is 0 Å². The summed E-state index contributed by atoms with van der Waals surface area (Å²) in [6.07, 6.45) is 0. The van der Waals surface area contributed by atoms with E-state index in [2.05, 4.69) is 0 Å². The van der Waals surface area contributed by atoms with Gasteiger partial charge in [0.05, 0.1) is 11.4 Å². The van der Waals surface area contributed by atoms with Crippen LogP contribution >= 0.6 is 24.6 Å². The number of hydrogen-bond acceptors (Lipinski definition) is 5. The lowest BCUT2D eigenvalue weighted by Crippen LogP contribution is -2.38. The minimum absolute atomic E-state index is 0.535. The van der Waals surface area contributed by atoms with Crippen molar-refractivity contribution in [1.29, 1.82) is 0 Å². The van der Waals surface area contributed by atoms with Crippen LogP contribution in [0.5, 0.6) is 0 Å². The Hall–Kier alpha value is -1.07. The van der Waals surface area contributed by atoms with Gasteiger partial charge in [0.15, 0.2) is 0 Å². The maximum atomic E-state index is 15.4. The van der Waals surface area contributed by atoms with Gasteiger partial charge in [0.25, 0.3) is 17.1 Å². The quantitative estimate of drug-likeness (QED) is 0.297. The molecule has 0 aromatic heterocycles. The van der Waals surface area contributed by atoms with Gasteiger partial charge in [0, 0.05) is 41.5 Å². The Balaban J connectivity index is 2.87. The molecule has 0 bridgehead atoms. The zero-order valence-electron chi connectivity index (χ0n) is 18.9. The minimum Gasteiger partial charge on any atom is -0.321 e. The number of para-hydroxylation sites is 2. The third kappa shape index (κ3) is 5.65. The highest BCUT2D eigenvalue weighted by Gasteiger charge is 2.50. The lowest BCUT2D eigenvalue weighted by molar-refractivity contribution is 0.336. The van der Waals surface area contributed by atoms with E-state index in [9.17, 15) is 0 Å². The number of hydrogen-bond donors (Lipinski definition) is 0. The van der Waals surface area contributed by atoms with Crippen molar-refractivity contribution in [3.63, 3.8) is 0 Å². The molecule has 0 heterocycles. The predicted molar refractivity (Wildman–Crippen MR) is 130 cm³/mol. The highest BCUT2D eigenvalue weighted by molar-refractivity contribution is 7.83. The van der Waals surface area contributed by atoms with Crippen molar-refractivity contribution in [1.82, 2.24) is 4.67 Å². The van der Waals surface area contributed by atoms with E-state index in [1.165, 1.54) is 0 Å². The molecule has 8 nitrogen and oxygen atoms in total. The lowest BCUT2D eigenvalue weighted by Gasteiger charge is -2.47. The molecular weight excluding hydrogens is 455 g/mol. The number of rotatable bonds is 13. The predicted octanol–water partition coefficient (Wildman–Crippen LogP) is 6.49. The van der Waals surface area contributed by atoms with Crippen LogP contribution in [0.4, 0.5) is 11.4 Å². The van der Waals surface area contributed by atoms with Gasteiger partial charge in [-0.05, 0) is 24.3 Å². The first-order valence-corrected chi connectivity index (χ1v) is 13.7. The number of nitrogens with zero attached hydrogens (tertiary/aromatic N) is 3. The van der Waals surface area contributed by atoms with E-state index in [4.69, 9.17) is 18.1 Å². The fraction of sp³-hybridized carbons (Fsp3) is 0.400. The van der Waals surface area contributed by atoms with Crippen molar-refractivity contribution in [2.75, 3.05) is 50.4 Å². The molecule has 0 saturated heterocycles. The van der Waals surface area contributed by atoms with Crippen molar-refractivity contribution < 1.29 is 22.7 Å². The van der Waals surface area contributed by atoms with Crippen LogP contribution in [-0.2, 0) is 22.7 Å². The second kappa shape index (κ2) is 12.8. The van der Waals surface area contributed by atoms with E-state index in [-0.39, 0.29) is 0 Å². The molecule has 11 heteroatoms. The first-order chi connectivity index (χ1) is 15.0. The molecule has 0 amide bonds. The van der Waals surface area contributed by atoms with Gasteiger partial charge in [-0.3, -0.25) is 4.57 Å². The summed E-state index contributed by atoms with van der Waals surface area (Å²) >= 11 is 0. The molecule has 2 aromatic carbocycles. The molecule has 0 saturated carbocycles. The smallest absolute Gasteiger partial charge is 0.321 e. The zero-order chi connectivity index (χ0) is 22.9. The molecular formula is C20H32N3O5P3. The van der Waals surface area contributed by atoms with Crippen LogP contribution in [0.1, 0.15) is 13.8 Å². The van der Waals surface area contributed by atoms with E-state index in [1.54, 1.807) is 37.3 Å². The summed E-state index contributed by atoms with van der Waals surface area (Å²) in [6, 6.07) is 19.0. The van der Waals surface area contributed by atoms with Crippen LogP contribution in [0.15, 0.2) is 60.7 Å². The topological polar surface area (TPSA) is 63.7 Å². The molecule has 172 valence electrons. The normalized spacial score (nSPS) is 12.0. The first kappa shape index (κ1) is 26.2. The van der Waals surface area contributed by atoms with Gasteiger partial charge in [-0.1, -0.05) is 50.2 Å². The van der Waals surface area contributed by atoms with Crippen LogP contribution in [0.25, 0.3) is 0 Å². The SMILES string of the molecule is CCN(CC)P(=O)(N(c1ccccc1)P(OC)OC)N(c1ccccc1)P(OC)OC. The molecule has 0 aliphatic carbocycles. The zero-order valence-corrected chi connectivity index (χ0v) is 21.6. The average Bonchev–Trinajstić information content (AvgIpc) is 2.82. The van der Waals surface area contributed by atoms with Crippen LogP contribution in [0.3, 0.4) is 0 Å². The molecule has 0 aliphatic rings. The Bertz CT molecular complexity index is 747. The van der Waals surface area contributed by atoms with Gasteiger partial charge in [-0.25, -0.2) is 13.6 Å². The summed E-state index contributed by atoms with van der Waals surface area (Å²) in [5.74, 6) is 0. The molecule has 31 heavy (non-hydrogen) atoms. The molecule has 0 atom stereocenters. The van der Waals surface area contributed by atoms with Crippen LogP contribution in [0, 0.1) is 0 Å². The number of anilines is 2. The van der Waals surface area contributed by atoms with E-state index in [0.29, 0.717) is 13.1 Å². The monoisotopic (exact) mass is 487 g/mol. The standard InChI is InChI=1S/C20H32N3O5P3/c1-7-21(8-2)31(24,22(29(25-3)26-4)19-15-11-9-12-16-19)23(30(27-5)28-6)20-17-13-10-14-18-20/h9-18H,7-8H2,1-6H3. The molecule has 0 fully saturated rings. The van der Waals surface area contributed by atoms with Crippen LogP contribution in [-0.4, -0.2) is 46.2 Å². The van der Waals surface area contributed by atoms with Crippen molar-refractivity contribution in [3.05, 3.63) is 60.7 Å². The summed E-state index contributed by atoms with van der Waals surface area (Å²) < 4.78 is 43.6. The fourth-order valence-corrected chi connectivity index (χ4v) is 10.7. The summed E-state index contributed by atoms with van der Waals surface area (Å²) in [5.41, 5.74) is 1.44. The lowest BCUT2D eigenvalue weighted by atomic mass is 10.3. The maximum Gasteiger partial charge on any atom is 0.349 e. The molecule has 0 N–H and O–H groups in total. The summed E-state index contributed by atoms with van der Waals surface area (Å²) in [5, 5.41) is 0. The Morgan fingerprint density at radius 1 is 0.677 bits per heavy atom. The van der Waals surface area contributed by atoms with Gasteiger partial charge < -0.3 is 18.1 Å². The third-order valence-electron chi connectivity index (χ3n) is 4.50. The summed E-state index contributed by atoms with van der Waals surface area (Å²) in [7, 11) is -0.791. The second-order valence-corrected chi connectivity index (χ2v) is 12.3. The molecule has 0 unspecified atom stereocenters. The Morgan fingerprint density at radius 2 is 1.00 bits per heavy atom. The summed E-state index contributed by atoms with van der Waals surface area (Å²) in [6.45, 7) is 5.03. The van der Waals surface area contributed by atoms with Gasteiger partial charge in [-0.2, -0.15) is 0 Å². The average molecular weight is 487 g/mol.